The molecule has 6 heteroatoms. The van der Waals surface area contributed by atoms with Gasteiger partial charge < -0.3 is 16.4 Å². The number of nitrogens with one attached hydrogen (secondary N) is 2. The SMILES string of the molecule is CC(C)CCCC(C)NC(N)=NCCCC(=O)NC1CC1.I. The van der Waals surface area contributed by atoms with Gasteiger partial charge in [-0.3, -0.25) is 9.79 Å². The van der Waals surface area contributed by atoms with Crippen LogP contribution in [0.25, 0.3) is 0 Å². The zero-order chi connectivity index (χ0) is 15.7. The van der Waals surface area contributed by atoms with Gasteiger partial charge in [-0.1, -0.05) is 26.7 Å². The minimum absolute atomic E-state index is 0. The molecule has 0 aromatic carbocycles. The number of carbonyl (C=O) groups is 1. The van der Waals surface area contributed by atoms with Crippen LogP contribution in [0.5, 0.6) is 0 Å². The Morgan fingerprint density at radius 2 is 1.91 bits per heavy atom. The number of hydrogen-bond donors (Lipinski definition) is 3. The Hall–Kier alpha value is -0.530. The number of hydrogen-bond acceptors (Lipinski definition) is 2. The summed E-state index contributed by atoms with van der Waals surface area (Å²) >= 11 is 0. The molecule has 5 nitrogen and oxygen atoms in total. The van der Waals surface area contributed by atoms with Crippen LogP contribution in [0, 0.1) is 5.92 Å². The molecule has 0 aromatic heterocycles. The first-order valence-electron chi connectivity index (χ1n) is 8.33. The van der Waals surface area contributed by atoms with Crippen molar-refractivity contribution in [2.75, 3.05) is 6.54 Å². The summed E-state index contributed by atoms with van der Waals surface area (Å²) in [5, 5.41) is 6.18. The van der Waals surface area contributed by atoms with Gasteiger partial charge in [0.15, 0.2) is 5.96 Å². The number of carbonyl (C=O) groups excluding carboxylic acids is 1. The second kappa shape index (κ2) is 12.0. The molecular formula is C16H33IN4O. The predicted octanol–water partition coefficient (Wildman–Crippen LogP) is 2.78. The molecule has 130 valence electrons. The third kappa shape index (κ3) is 12.1. The maximum atomic E-state index is 11.5. The molecule has 0 spiro atoms. The number of aliphatic imine (C=N–C) groups is 1. The summed E-state index contributed by atoms with van der Waals surface area (Å²) in [6.45, 7) is 7.22. The van der Waals surface area contributed by atoms with Crippen LogP contribution < -0.4 is 16.4 Å². The summed E-state index contributed by atoms with van der Waals surface area (Å²) in [5.74, 6) is 1.39. The fraction of sp³-hybridized carbons (Fsp3) is 0.875. The summed E-state index contributed by atoms with van der Waals surface area (Å²) in [6, 6.07) is 0.796. The van der Waals surface area contributed by atoms with E-state index in [1.165, 1.54) is 12.8 Å². The molecule has 0 aromatic rings. The smallest absolute Gasteiger partial charge is 0.220 e. The summed E-state index contributed by atoms with van der Waals surface area (Å²) < 4.78 is 0. The van der Waals surface area contributed by atoms with Crippen molar-refractivity contribution in [2.45, 2.75) is 77.8 Å². The molecule has 1 aliphatic carbocycles. The Morgan fingerprint density at radius 3 is 2.50 bits per heavy atom. The molecule has 1 atom stereocenters. The lowest BCUT2D eigenvalue weighted by atomic mass is 10.0. The van der Waals surface area contributed by atoms with Crippen LogP contribution in [-0.4, -0.2) is 30.5 Å². The van der Waals surface area contributed by atoms with Crippen molar-refractivity contribution in [2.24, 2.45) is 16.6 Å². The van der Waals surface area contributed by atoms with Crippen molar-refractivity contribution in [1.82, 2.24) is 10.6 Å². The van der Waals surface area contributed by atoms with Gasteiger partial charge >= 0.3 is 0 Å². The normalized spacial score (nSPS) is 16.1. The fourth-order valence-corrected chi connectivity index (χ4v) is 2.17. The highest BCUT2D eigenvalue weighted by Crippen LogP contribution is 2.18. The lowest BCUT2D eigenvalue weighted by Gasteiger charge is -2.15. The Morgan fingerprint density at radius 1 is 1.23 bits per heavy atom. The molecule has 1 rings (SSSR count). The molecule has 1 amide bonds. The summed E-state index contributed by atoms with van der Waals surface area (Å²) in [7, 11) is 0. The second-order valence-electron chi connectivity index (χ2n) is 6.58. The van der Waals surface area contributed by atoms with E-state index in [9.17, 15) is 4.79 Å². The molecule has 0 aliphatic heterocycles. The number of guanidine groups is 1. The highest BCUT2D eigenvalue weighted by molar-refractivity contribution is 14.0. The van der Waals surface area contributed by atoms with E-state index >= 15 is 0 Å². The molecule has 1 fully saturated rings. The number of halogens is 1. The van der Waals surface area contributed by atoms with Crippen LogP contribution in [0.15, 0.2) is 4.99 Å². The van der Waals surface area contributed by atoms with E-state index in [4.69, 9.17) is 5.73 Å². The molecule has 1 saturated carbocycles. The Labute approximate surface area is 152 Å². The topological polar surface area (TPSA) is 79.5 Å². The molecule has 0 saturated heterocycles. The summed E-state index contributed by atoms with van der Waals surface area (Å²) in [6.07, 6.45) is 7.13. The van der Waals surface area contributed by atoms with Crippen molar-refractivity contribution < 1.29 is 4.79 Å². The zero-order valence-corrected chi connectivity index (χ0v) is 16.6. The van der Waals surface area contributed by atoms with Crippen LogP contribution >= 0.6 is 24.0 Å². The van der Waals surface area contributed by atoms with Crippen molar-refractivity contribution in [3.8, 4) is 0 Å². The minimum atomic E-state index is 0. The zero-order valence-electron chi connectivity index (χ0n) is 14.2. The maximum absolute atomic E-state index is 11.5. The monoisotopic (exact) mass is 424 g/mol. The number of nitrogens with two attached hydrogens (primary N) is 1. The number of nitrogens with zero attached hydrogens (tertiary/aromatic N) is 1. The van der Waals surface area contributed by atoms with Gasteiger partial charge in [0.1, 0.15) is 0 Å². The Balaban J connectivity index is 0.00000441. The third-order valence-electron chi connectivity index (χ3n) is 3.60. The van der Waals surface area contributed by atoms with Crippen LogP contribution in [0.2, 0.25) is 0 Å². The van der Waals surface area contributed by atoms with Crippen LogP contribution in [-0.2, 0) is 4.79 Å². The van der Waals surface area contributed by atoms with Gasteiger partial charge in [-0.15, -0.1) is 24.0 Å². The van der Waals surface area contributed by atoms with E-state index in [1.807, 2.05) is 0 Å². The van der Waals surface area contributed by atoms with Crippen LogP contribution in [0.4, 0.5) is 0 Å². The second-order valence-corrected chi connectivity index (χ2v) is 6.58. The molecule has 0 bridgehead atoms. The number of amides is 1. The van der Waals surface area contributed by atoms with Gasteiger partial charge in [0.25, 0.3) is 0 Å². The molecular weight excluding hydrogens is 391 g/mol. The fourth-order valence-electron chi connectivity index (χ4n) is 2.17. The largest absolute Gasteiger partial charge is 0.370 e. The first-order chi connectivity index (χ1) is 9.97. The third-order valence-corrected chi connectivity index (χ3v) is 3.60. The van der Waals surface area contributed by atoms with E-state index < -0.39 is 0 Å². The van der Waals surface area contributed by atoms with E-state index in [1.54, 1.807) is 0 Å². The maximum Gasteiger partial charge on any atom is 0.220 e. The highest BCUT2D eigenvalue weighted by atomic mass is 127. The van der Waals surface area contributed by atoms with Gasteiger partial charge in [-0.2, -0.15) is 0 Å². The van der Waals surface area contributed by atoms with Crippen LogP contribution in [0.3, 0.4) is 0 Å². The van der Waals surface area contributed by atoms with Gasteiger partial charge in [0.05, 0.1) is 0 Å². The van der Waals surface area contributed by atoms with Crippen molar-refractivity contribution in [3.05, 3.63) is 0 Å². The average molecular weight is 424 g/mol. The van der Waals surface area contributed by atoms with Crippen molar-refractivity contribution in [3.63, 3.8) is 0 Å². The molecule has 0 radical (unpaired) electrons. The van der Waals surface area contributed by atoms with Crippen molar-refractivity contribution >= 4 is 35.8 Å². The average Bonchev–Trinajstić information content (AvgIpc) is 3.18. The highest BCUT2D eigenvalue weighted by Gasteiger charge is 2.22. The molecule has 1 aliphatic rings. The molecule has 4 N–H and O–H groups in total. The van der Waals surface area contributed by atoms with E-state index in [0.29, 0.717) is 31.0 Å². The number of rotatable bonds is 10. The van der Waals surface area contributed by atoms with Gasteiger partial charge in [-0.05, 0) is 38.5 Å². The standard InChI is InChI=1S/C16H32N4O.HI/c1-12(2)6-4-7-13(3)19-16(17)18-11-5-8-15(21)20-14-9-10-14;/h12-14H,4-11H2,1-3H3,(H,20,21)(H3,17,18,19);1H. The lowest BCUT2D eigenvalue weighted by Crippen LogP contribution is -2.38. The van der Waals surface area contributed by atoms with E-state index in [2.05, 4.69) is 36.4 Å². The van der Waals surface area contributed by atoms with E-state index in [0.717, 1.165) is 31.6 Å². The predicted molar refractivity (Wildman–Crippen MR) is 104 cm³/mol. The molecule has 0 heterocycles. The lowest BCUT2D eigenvalue weighted by molar-refractivity contribution is -0.121. The van der Waals surface area contributed by atoms with Gasteiger partial charge in [0, 0.05) is 25.0 Å². The summed E-state index contributed by atoms with van der Waals surface area (Å²) in [4.78, 5) is 15.8. The first kappa shape index (κ1) is 21.5. The first-order valence-corrected chi connectivity index (χ1v) is 8.33. The van der Waals surface area contributed by atoms with E-state index in [-0.39, 0.29) is 29.9 Å². The van der Waals surface area contributed by atoms with Gasteiger partial charge in [-0.25, -0.2) is 0 Å². The Kier molecular flexibility index (Phi) is 11.7. The molecule has 22 heavy (non-hydrogen) atoms. The minimum Gasteiger partial charge on any atom is -0.370 e. The summed E-state index contributed by atoms with van der Waals surface area (Å²) in [5.41, 5.74) is 5.85. The van der Waals surface area contributed by atoms with Crippen molar-refractivity contribution in [1.29, 1.82) is 0 Å². The van der Waals surface area contributed by atoms with Crippen LogP contribution in [0.1, 0.15) is 65.7 Å². The molecule has 1 unspecified atom stereocenters. The Bertz CT molecular complexity index is 343. The quantitative estimate of drug-likeness (QED) is 0.218. The van der Waals surface area contributed by atoms with Gasteiger partial charge in [0.2, 0.25) is 5.91 Å².